The summed E-state index contributed by atoms with van der Waals surface area (Å²) in [4.78, 5) is 0.180. The van der Waals surface area contributed by atoms with E-state index in [4.69, 9.17) is 9.47 Å². The second-order valence-electron chi connectivity index (χ2n) is 4.75. The molecule has 0 saturated heterocycles. The minimum Gasteiger partial charge on any atom is -0.495 e. The Hall–Kier alpha value is -1.15. The van der Waals surface area contributed by atoms with Crippen LogP contribution in [0.5, 0.6) is 5.75 Å². The van der Waals surface area contributed by atoms with E-state index in [1.165, 1.54) is 7.11 Å². The number of ether oxygens (including phenoxy) is 2. The number of rotatable bonds is 9. The topological polar surface area (TPSA) is 76.7 Å². The zero-order valence-corrected chi connectivity index (χ0v) is 13.8. The fourth-order valence-electron chi connectivity index (χ4n) is 2.03. The van der Waals surface area contributed by atoms with Crippen LogP contribution in [0.1, 0.15) is 11.1 Å². The Morgan fingerprint density at radius 3 is 2.43 bits per heavy atom. The van der Waals surface area contributed by atoms with Crippen molar-refractivity contribution in [2.24, 2.45) is 0 Å². The molecule has 0 saturated carbocycles. The monoisotopic (exact) mass is 316 g/mol. The molecule has 21 heavy (non-hydrogen) atoms. The maximum absolute atomic E-state index is 12.4. The average Bonchev–Trinajstić information content (AvgIpc) is 2.42. The Bertz CT molecular complexity index is 558. The zero-order valence-electron chi connectivity index (χ0n) is 13.0. The van der Waals surface area contributed by atoms with Crippen LogP contribution in [0.3, 0.4) is 0 Å². The van der Waals surface area contributed by atoms with Gasteiger partial charge in [0, 0.05) is 26.7 Å². The van der Waals surface area contributed by atoms with E-state index in [-0.39, 0.29) is 4.90 Å². The molecule has 1 aromatic rings. The Kier molecular flexibility index (Phi) is 7.10. The van der Waals surface area contributed by atoms with Gasteiger partial charge in [0.2, 0.25) is 10.0 Å². The van der Waals surface area contributed by atoms with Gasteiger partial charge in [0.25, 0.3) is 0 Å². The average molecular weight is 316 g/mol. The lowest BCUT2D eigenvalue weighted by atomic mass is 10.1. The van der Waals surface area contributed by atoms with Crippen molar-refractivity contribution < 1.29 is 17.9 Å². The summed E-state index contributed by atoms with van der Waals surface area (Å²) >= 11 is 0. The minimum absolute atomic E-state index is 0.180. The molecule has 0 atom stereocenters. The largest absolute Gasteiger partial charge is 0.495 e. The zero-order chi connectivity index (χ0) is 15.9. The first-order valence-corrected chi connectivity index (χ1v) is 8.25. The smallest absolute Gasteiger partial charge is 0.244 e. The molecule has 0 fully saturated rings. The van der Waals surface area contributed by atoms with Crippen LogP contribution in [-0.4, -0.2) is 48.9 Å². The van der Waals surface area contributed by atoms with Gasteiger partial charge in [-0.3, -0.25) is 0 Å². The van der Waals surface area contributed by atoms with Crippen molar-refractivity contribution in [3.63, 3.8) is 0 Å². The number of aryl methyl sites for hydroxylation is 2. The fraction of sp³-hybridized carbons (Fsp3) is 0.571. The summed E-state index contributed by atoms with van der Waals surface area (Å²) in [6, 6.07) is 3.51. The van der Waals surface area contributed by atoms with Crippen LogP contribution >= 0.6 is 0 Å². The summed E-state index contributed by atoms with van der Waals surface area (Å²) in [6.07, 6.45) is 0. The van der Waals surface area contributed by atoms with Crippen LogP contribution in [0.15, 0.2) is 17.0 Å². The predicted molar refractivity (Wildman–Crippen MR) is 82.4 cm³/mol. The van der Waals surface area contributed by atoms with Crippen molar-refractivity contribution in [1.29, 1.82) is 0 Å². The van der Waals surface area contributed by atoms with Crippen LogP contribution in [0.25, 0.3) is 0 Å². The lowest BCUT2D eigenvalue weighted by Gasteiger charge is -2.14. The third-order valence-electron chi connectivity index (χ3n) is 2.96. The summed E-state index contributed by atoms with van der Waals surface area (Å²) < 4.78 is 37.4. The molecule has 7 heteroatoms. The van der Waals surface area contributed by atoms with Crippen LogP contribution < -0.4 is 14.8 Å². The van der Waals surface area contributed by atoms with Gasteiger partial charge in [0.1, 0.15) is 10.6 Å². The molecular formula is C14H24N2O4S. The standard InChI is InChI=1S/C14H24N2O4S/c1-11-9-12(2)14(20-4)13(10-11)21(17,18)16-6-5-15-7-8-19-3/h9-10,15-16H,5-8H2,1-4H3. The van der Waals surface area contributed by atoms with Crippen molar-refractivity contribution in [2.45, 2.75) is 18.7 Å². The summed E-state index contributed by atoms with van der Waals surface area (Å²) in [5, 5.41) is 3.08. The van der Waals surface area contributed by atoms with Gasteiger partial charge in [-0.05, 0) is 31.0 Å². The molecule has 0 heterocycles. The number of hydrogen-bond donors (Lipinski definition) is 2. The second-order valence-corrected chi connectivity index (χ2v) is 6.49. The molecule has 0 unspecified atom stereocenters. The molecule has 0 radical (unpaired) electrons. The van der Waals surface area contributed by atoms with Crippen molar-refractivity contribution >= 4 is 10.0 Å². The Balaban J connectivity index is 2.74. The van der Waals surface area contributed by atoms with E-state index in [1.54, 1.807) is 13.2 Å². The minimum atomic E-state index is -3.59. The summed E-state index contributed by atoms with van der Waals surface area (Å²) in [5.41, 5.74) is 1.68. The third-order valence-corrected chi connectivity index (χ3v) is 4.42. The first-order valence-electron chi connectivity index (χ1n) is 6.77. The highest BCUT2D eigenvalue weighted by Crippen LogP contribution is 2.28. The molecule has 0 spiro atoms. The van der Waals surface area contributed by atoms with E-state index in [1.807, 2.05) is 19.9 Å². The third kappa shape index (κ3) is 5.28. The molecular weight excluding hydrogens is 292 g/mol. The van der Waals surface area contributed by atoms with E-state index < -0.39 is 10.0 Å². The molecule has 0 aliphatic carbocycles. The van der Waals surface area contributed by atoms with E-state index in [9.17, 15) is 8.42 Å². The molecule has 0 bridgehead atoms. The summed E-state index contributed by atoms with van der Waals surface area (Å²) in [5.74, 6) is 0.389. The predicted octanol–water partition coefficient (Wildman–Crippen LogP) is 0.826. The van der Waals surface area contributed by atoms with Gasteiger partial charge in [0.05, 0.1) is 13.7 Å². The fourth-order valence-corrected chi connectivity index (χ4v) is 3.38. The number of hydrogen-bond acceptors (Lipinski definition) is 5. The number of sulfonamides is 1. The van der Waals surface area contributed by atoms with E-state index in [2.05, 4.69) is 10.0 Å². The normalized spacial score (nSPS) is 11.6. The maximum atomic E-state index is 12.4. The Labute approximate surface area is 126 Å². The van der Waals surface area contributed by atoms with Gasteiger partial charge >= 0.3 is 0 Å². The number of nitrogens with one attached hydrogen (secondary N) is 2. The maximum Gasteiger partial charge on any atom is 0.244 e. The van der Waals surface area contributed by atoms with Crippen molar-refractivity contribution in [1.82, 2.24) is 10.0 Å². The van der Waals surface area contributed by atoms with Crippen LogP contribution in [0.4, 0.5) is 0 Å². The van der Waals surface area contributed by atoms with Gasteiger partial charge in [0.15, 0.2) is 0 Å². The summed E-state index contributed by atoms with van der Waals surface area (Å²) in [7, 11) is -0.490. The van der Waals surface area contributed by atoms with Crippen molar-refractivity contribution in [2.75, 3.05) is 40.5 Å². The Morgan fingerprint density at radius 1 is 1.10 bits per heavy atom. The van der Waals surface area contributed by atoms with Crippen LogP contribution in [-0.2, 0) is 14.8 Å². The first-order chi connectivity index (χ1) is 9.92. The SMILES string of the molecule is COCCNCCNS(=O)(=O)c1cc(C)cc(C)c1OC. The van der Waals surface area contributed by atoms with Gasteiger partial charge in [-0.1, -0.05) is 6.07 Å². The highest BCUT2D eigenvalue weighted by molar-refractivity contribution is 7.89. The highest BCUT2D eigenvalue weighted by Gasteiger charge is 2.20. The molecule has 0 amide bonds. The highest BCUT2D eigenvalue weighted by atomic mass is 32.2. The molecule has 0 aromatic heterocycles. The second kappa shape index (κ2) is 8.33. The lowest BCUT2D eigenvalue weighted by molar-refractivity contribution is 0.199. The molecule has 120 valence electrons. The quantitative estimate of drug-likeness (QED) is 0.660. The first kappa shape index (κ1) is 17.9. The van der Waals surface area contributed by atoms with Gasteiger partial charge in [-0.2, -0.15) is 0 Å². The number of benzene rings is 1. The number of methoxy groups -OCH3 is 2. The van der Waals surface area contributed by atoms with Gasteiger partial charge in [-0.15, -0.1) is 0 Å². The molecule has 2 N–H and O–H groups in total. The van der Waals surface area contributed by atoms with Gasteiger partial charge in [-0.25, -0.2) is 13.1 Å². The molecule has 6 nitrogen and oxygen atoms in total. The molecule has 1 rings (SSSR count). The molecule has 1 aromatic carbocycles. The van der Waals surface area contributed by atoms with E-state index in [0.717, 1.165) is 11.1 Å². The van der Waals surface area contributed by atoms with Crippen LogP contribution in [0, 0.1) is 13.8 Å². The van der Waals surface area contributed by atoms with Crippen molar-refractivity contribution in [3.8, 4) is 5.75 Å². The van der Waals surface area contributed by atoms with Gasteiger partial charge < -0.3 is 14.8 Å². The molecule has 0 aliphatic rings. The summed E-state index contributed by atoms with van der Waals surface area (Å²) in [6.45, 7) is 5.82. The Morgan fingerprint density at radius 2 is 1.81 bits per heavy atom. The lowest BCUT2D eigenvalue weighted by Crippen LogP contribution is -2.33. The molecule has 0 aliphatic heterocycles. The van der Waals surface area contributed by atoms with E-state index in [0.29, 0.717) is 32.0 Å². The van der Waals surface area contributed by atoms with E-state index >= 15 is 0 Å². The van der Waals surface area contributed by atoms with Crippen LogP contribution in [0.2, 0.25) is 0 Å². The van der Waals surface area contributed by atoms with Crippen molar-refractivity contribution in [3.05, 3.63) is 23.3 Å².